The van der Waals surface area contributed by atoms with E-state index in [1.165, 1.54) is 6.07 Å². The molecule has 0 spiro atoms. The van der Waals surface area contributed by atoms with Crippen molar-refractivity contribution in [3.63, 3.8) is 0 Å². The van der Waals surface area contributed by atoms with Gasteiger partial charge in [0.25, 0.3) is 6.33 Å². The molecule has 5 heterocycles. The molecule has 6 heteroatoms. The van der Waals surface area contributed by atoms with Gasteiger partial charge in [0.05, 0.1) is 68.0 Å². The predicted octanol–water partition coefficient (Wildman–Crippen LogP) is 17.4. The van der Waals surface area contributed by atoms with Gasteiger partial charge in [-0.2, -0.15) is 0 Å². The number of para-hydroxylation sites is 4. The largest absolute Gasteiger partial charge is 0.458 e. The maximum Gasteiger partial charge on any atom is 0.269 e. The molecule has 360 valence electrons. The highest BCUT2D eigenvalue weighted by Crippen LogP contribution is 2.47. The molecule has 0 unspecified atom stereocenters. The zero-order valence-corrected chi connectivity index (χ0v) is 41.2. The fourth-order valence-electron chi connectivity index (χ4n) is 11.1. The van der Waals surface area contributed by atoms with E-state index in [0.29, 0.717) is 28.6 Å². The Balaban J connectivity index is 1.07. The molecule has 76 heavy (non-hydrogen) atoms. The van der Waals surface area contributed by atoms with Crippen LogP contribution in [0.2, 0.25) is 0 Å². The van der Waals surface area contributed by atoms with Crippen LogP contribution in [0.4, 0.5) is 0 Å². The highest BCUT2D eigenvalue weighted by atomic mass is 16.5. The van der Waals surface area contributed by atoms with E-state index in [1.54, 1.807) is 27.3 Å². The van der Waals surface area contributed by atoms with Crippen LogP contribution < -0.4 is 9.30 Å². The lowest BCUT2D eigenvalue weighted by atomic mass is 9.88. The number of nitrogens with zero attached hydrogens (tertiary/aromatic N) is 5. The van der Waals surface area contributed by atoms with E-state index in [1.807, 2.05) is 121 Å². The number of fused-ring (bicyclic) bond motifs is 13. The van der Waals surface area contributed by atoms with Gasteiger partial charge in [0.1, 0.15) is 17.3 Å². The molecule has 0 fully saturated rings. The molecule has 0 saturated heterocycles. The summed E-state index contributed by atoms with van der Waals surface area (Å²) in [6.45, 7) is 6.50. The third-order valence-corrected chi connectivity index (χ3v) is 14.6. The van der Waals surface area contributed by atoms with Crippen molar-refractivity contribution >= 4 is 54.6 Å². The molecule has 6 nitrogen and oxygen atoms in total. The minimum Gasteiger partial charge on any atom is -0.458 e. The van der Waals surface area contributed by atoms with Crippen LogP contribution in [0.5, 0.6) is 11.5 Å². The quantitative estimate of drug-likeness (QED) is 0.123. The topological polar surface area (TPSA) is 40.8 Å². The number of aromatic nitrogens is 5. The first-order valence-electron chi connectivity index (χ1n) is 31.5. The van der Waals surface area contributed by atoms with Crippen LogP contribution in [0.3, 0.4) is 0 Å². The fourth-order valence-corrected chi connectivity index (χ4v) is 11.1. The lowest BCUT2D eigenvalue weighted by Gasteiger charge is -2.20. The van der Waals surface area contributed by atoms with Crippen molar-refractivity contribution in [2.75, 3.05) is 0 Å². The fraction of sp³-hybridized carbons (Fsp3) is 0.0571. The SMILES string of the molecule is [2H]c1c([2H])c([2H])c(-c2cc3c4c(c2)n(-c2cccc(Oc5ccc6c7ccccc7n(-c7cc(C(C)(C)C)ccn7)c6c5)c2)[c-][n+]4-c2c(cccc2-n2c4ccccc4c4ccccc42)-c2c([2H])c([2H])c([2H])c([2H])c2-c2c([2H])c([2H])c([2H])c([2H])c2-3)c([2H])c1[2H]. The molecule has 0 atom stereocenters. The summed E-state index contributed by atoms with van der Waals surface area (Å²) in [4.78, 5) is 4.87. The molecule has 0 saturated carbocycles. The molecule has 0 bridgehead atoms. The summed E-state index contributed by atoms with van der Waals surface area (Å²) in [7, 11) is 0. The Kier molecular flexibility index (Phi) is 7.20. The minimum absolute atomic E-state index is 0.0514. The van der Waals surface area contributed by atoms with Gasteiger partial charge in [0.15, 0.2) is 0 Å². The molecule has 0 aliphatic carbocycles. The van der Waals surface area contributed by atoms with Gasteiger partial charge in [-0.05, 0) is 128 Å². The lowest BCUT2D eigenvalue weighted by molar-refractivity contribution is -0.571. The molecular formula is C70H49N5O. The average molecular weight is 989 g/mol. The predicted molar refractivity (Wildman–Crippen MR) is 311 cm³/mol. The standard InChI is InChI=1S/C70H49N5O/c1-70(2,3)47-37-38-71-67(41-47)75-63-33-16-13-29-57(63)58-36-35-50(43-65(58)75)76-49-22-17-21-48(42-49)72-44-73-68-59(30-18-34-64(68)74-61-31-14-11-27-55(61)56-28-12-15-32-62(56)74)53-25-9-7-23-51(53)52-24-8-10-26-54(52)60-39-46(40-66(72)69(60)73)45-19-5-4-6-20-45/h4-43H,1-3H3/i4D,5D,6D,7D,8D,9D,10D,19D,20D,23D,24D,25D,26D. The van der Waals surface area contributed by atoms with Gasteiger partial charge in [0.2, 0.25) is 0 Å². The number of pyridine rings is 1. The highest BCUT2D eigenvalue weighted by molar-refractivity contribution is 6.11. The molecule has 1 aliphatic rings. The van der Waals surface area contributed by atoms with Gasteiger partial charge in [-0.1, -0.05) is 178 Å². The highest BCUT2D eigenvalue weighted by Gasteiger charge is 2.28. The van der Waals surface area contributed by atoms with E-state index in [2.05, 4.69) is 54.4 Å². The second-order valence-electron chi connectivity index (χ2n) is 20.0. The smallest absolute Gasteiger partial charge is 0.269 e. The van der Waals surface area contributed by atoms with E-state index in [9.17, 15) is 13.7 Å². The first-order valence-corrected chi connectivity index (χ1v) is 25.0. The van der Waals surface area contributed by atoms with Crippen LogP contribution in [0, 0.1) is 6.33 Å². The van der Waals surface area contributed by atoms with Crippen molar-refractivity contribution in [1.82, 2.24) is 18.7 Å². The van der Waals surface area contributed by atoms with Crippen LogP contribution in [0.1, 0.15) is 44.2 Å². The number of hydrogen-bond acceptors (Lipinski definition) is 2. The van der Waals surface area contributed by atoms with Gasteiger partial charge in [-0.3, -0.25) is 13.7 Å². The van der Waals surface area contributed by atoms with Gasteiger partial charge < -0.3 is 9.30 Å². The molecular weight excluding hydrogens is 927 g/mol. The summed E-state index contributed by atoms with van der Waals surface area (Å²) in [6, 6.07) is 42.3. The lowest BCUT2D eigenvalue weighted by Crippen LogP contribution is -2.32. The van der Waals surface area contributed by atoms with Crippen LogP contribution in [-0.4, -0.2) is 18.7 Å². The number of hydrogen-bond donors (Lipinski definition) is 0. The zero-order chi connectivity index (χ0) is 62.0. The third kappa shape index (κ3) is 6.80. The number of imidazole rings is 1. The maximum atomic E-state index is 9.96. The Bertz CT molecular complexity index is 5380. The number of benzene rings is 10. The normalized spacial score (nSPS) is 14.5. The third-order valence-electron chi connectivity index (χ3n) is 14.6. The summed E-state index contributed by atoms with van der Waals surface area (Å²) < 4.78 is 136. The second kappa shape index (κ2) is 16.9. The molecule has 1 aliphatic heterocycles. The Labute approximate surface area is 458 Å². The zero-order valence-electron chi connectivity index (χ0n) is 54.2. The van der Waals surface area contributed by atoms with Crippen LogP contribution in [-0.2, 0) is 5.41 Å². The van der Waals surface area contributed by atoms with Crippen LogP contribution in [0.25, 0.3) is 122 Å². The Morgan fingerprint density at radius 1 is 0.474 bits per heavy atom. The van der Waals surface area contributed by atoms with Crippen molar-refractivity contribution in [1.29, 1.82) is 0 Å². The van der Waals surface area contributed by atoms with Gasteiger partial charge in [-0.15, -0.1) is 0 Å². The van der Waals surface area contributed by atoms with E-state index in [4.69, 9.17) is 13.8 Å². The summed E-state index contributed by atoms with van der Waals surface area (Å²) in [5.41, 5.74) is 5.82. The van der Waals surface area contributed by atoms with Crippen molar-refractivity contribution in [3.8, 4) is 78.9 Å². The average Bonchev–Trinajstić information content (AvgIpc) is 1.62. The van der Waals surface area contributed by atoms with E-state index in [-0.39, 0.29) is 61.0 Å². The monoisotopic (exact) mass is 988 g/mol. The molecule has 0 radical (unpaired) electrons. The molecule has 0 amide bonds. The first-order chi connectivity index (χ1) is 42.7. The Morgan fingerprint density at radius 2 is 1.07 bits per heavy atom. The molecule has 15 rings (SSSR count). The van der Waals surface area contributed by atoms with Crippen molar-refractivity contribution < 1.29 is 27.1 Å². The molecule has 10 aromatic carbocycles. The van der Waals surface area contributed by atoms with Crippen molar-refractivity contribution in [2.24, 2.45) is 0 Å². The summed E-state index contributed by atoms with van der Waals surface area (Å²) in [6.07, 6.45) is 5.49. The van der Waals surface area contributed by atoms with Gasteiger partial charge in [-0.25, -0.2) is 4.98 Å². The summed E-state index contributed by atoms with van der Waals surface area (Å²) in [5, 5.41) is 3.87. The van der Waals surface area contributed by atoms with Crippen LogP contribution >= 0.6 is 0 Å². The van der Waals surface area contributed by atoms with E-state index in [0.717, 1.165) is 55.0 Å². The minimum atomic E-state index is -0.663. The molecule has 14 aromatic rings. The van der Waals surface area contributed by atoms with Gasteiger partial charge >= 0.3 is 0 Å². The number of rotatable bonds is 6. The van der Waals surface area contributed by atoms with Crippen molar-refractivity contribution in [3.05, 3.63) is 254 Å². The number of ether oxygens (including phenoxy) is 1. The second-order valence-corrected chi connectivity index (χ2v) is 20.0. The Hall–Kier alpha value is -9.78. The molecule has 4 aromatic heterocycles. The van der Waals surface area contributed by atoms with Crippen molar-refractivity contribution in [2.45, 2.75) is 26.2 Å². The van der Waals surface area contributed by atoms with E-state index >= 15 is 0 Å². The maximum absolute atomic E-state index is 9.96. The summed E-state index contributed by atoms with van der Waals surface area (Å²) in [5.74, 6) is 1.66. The van der Waals surface area contributed by atoms with E-state index < -0.39 is 78.6 Å². The van der Waals surface area contributed by atoms with Gasteiger partial charge in [0, 0.05) is 33.8 Å². The summed E-state index contributed by atoms with van der Waals surface area (Å²) >= 11 is 0. The van der Waals surface area contributed by atoms with Crippen LogP contribution in [0.15, 0.2) is 242 Å². The Morgan fingerprint density at radius 3 is 1.75 bits per heavy atom. The first kappa shape index (κ1) is 32.4. The molecule has 0 N–H and O–H groups in total.